The lowest BCUT2D eigenvalue weighted by atomic mass is 10.00. The predicted octanol–water partition coefficient (Wildman–Crippen LogP) is 10.7. The van der Waals surface area contributed by atoms with Crippen LogP contribution < -0.4 is 0 Å². The Morgan fingerprint density at radius 2 is 0.875 bits per heavy atom. The van der Waals surface area contributed by atoms with Crippen LogP contribution in [0.1, 0.15) is 27.8 Å². The number of nitriles is 2. The minimum atomic E-state index is -5.62. The standard InChI is InChI=1S/C35H15F9N4/c36-33(37,38)20-14-23(34(39,40)41)32(24(15-20)35(42,43)44)48-26-11-4-2-9-22(26)30-28(48)13-12-27-29(30)21-8-1-3-10-25(21)47(27)31-18(16-45)6-5-7-19(31)17-46/h1-15H. The van der Waals surface area contributed by atoms with Crippen molar-refractivity contribution in [3.63, 3.8) is 0 Å². The zero-order valence-corrected chi connectivity index (χ0v) is 23.9. The monoisotopic (exact) mass is 662 g/mol. The van der Waals surface area contributed by atoms with Gasteiger partial charge in [-0.1, -0.05) is 42.5 Å². The lowest BCUT2D eigenvalue weighted by Crippen LogP contribution is -2.20. The van der Waals surface area contributed by atoms with Crippen LogP contribution in [0, 0.1) is 22.7 Å². The fourth-order valence-corrected chi connectivity index (χ4v) is 6.44. The van der Waals surface area contributed by atoms with E-state index in [1.807, 2.05) is 0 Å². The summed E-state index contributed by atoms with van der Waals surface area (Å²) in [7, 11) is 0. The number of halogens is 9. The van der Waals surface area contributed by atoms with Crippen LogP contribution in [0.4, 0.5) is 39.5 Å². The highest BCUT2D eigenvalue weighted by atomic mass is 19.4. The molecule has 0 spiro atoms. The van der Waals surface area contributed by atoms with Crippen molar-refractivity contribution in [1.29, 1.82) is 10.5 Å². The first-order chi connectivity index (χ1) is 22.7. The summed E-state index contributed by atoms with van der Waals surface area (Å²) in [5.74, 6) is 0. The van der Waals surface area contributed by atoms with E-state index in [9.17, 15) is 50.0 Å². The number of nitrogens with zero attached hydrogens (tertiary/aromatic N) is 4. The number of rotatable bonds is 2. The molecule has 0 saturated carbocycles. The molecule has 0 fully saturated rings. The Hall–Kier alpha value is -5.95. The minimum absolute atomic E-state index is 0.122. The van der Waals surface area contributed by atoms with Crippen molar-refractivity contribution >= 4 is 43.6 Å². The quantitative estimate of drug-likeness (QED) is 0.173. The molecule has 5 aromatic carbocycles. The molecule has 4 nitrogen and oxygen atoms in total. The molecule has 0 radical (unpaired) electrons. The molecule has 0 bridgehead atoms. The highest BCUT2D eigenvalue weighted by molar-refractivity contribution is 6.29. The van der Waals surface area contributed by atoms with Gasteiger partial charge in [-0.05, 0) is 48.5 Å². The first-order valence-electron chi connectivity index (χ1n) is 14.0. The van der Waals surface area contributed by atoms with E-state index in [-0.39, 0.29) is 50.8 Å². The lowest BCUT2D eigenvalue weighted by Gasteiger charge is -2.23. The SMILES string of the molecule is N#Cc1cccc(C#N)c1-n1c2ccccc2c2c3c4ccccc4n(-c4c(C(F)(F)F)cc(C(F)(F)F)cc4C(F)(F)F)c3ccc21. The molecule has 0 aliphatic rings. The number of benzene rings is 5. The normalized spacial score (nSPS) is 12.6. The Morgan fingerprint density at radius 1 is 0.458 bits per heavy atom. The van der Waals surface area contributed by atoms with E-state index in [4.69, 9.17) is 0 Å². The Labute approximate surface area is 263 Å². The summed E-state index contributed by atoms with van der Waals surface area (Å²) in [5.41, 5.74) is -6.74. The Morgan fingerprint density at radius 3 is 1.27 bits per heavy atom. The summed E-state index contributed by atoms with van der Waals surface area (Å²) in [6, 6.07) is 23.2. The van der Waals surface area contributed by atoms with Gasteiger partial charge in [0.05, 0.1) is 61.3 Å². The topological polar surface area (TPSA) is 57.4 Å². The highest BCUT2D eigenvalue weighted by Crippen LogP contribution is 2.49. The van der Waals surface area contributed by atoms with E-state index in [0.29, 0.717) is 26.4 Å². The third-order valence-corrected chi connectivity index (χ3v) is 8.24. The first-order valence-corrected chi connectivity index (χ1v) is 14.0. The van der Waals surface area contributed by atoms with E-state index in [1.54, 1.807) is 28.8 Å². The Balaban J connectivity index is 1.73. The molecule has 238 valence electrons. The molecule has 0 atom stereocenters. The van der Waals surface area contributed by atoms with Gasteiger partial charge in [-0.2, -0.15) is 50.0 Å². The second-order valence-electron chi connectivity index (χ2n) is 10.9. The maximum Gasteiger partial charge on any atom is 0.418 e. The zero-order chi connectivity index (χ0) is 34.3. The van der Waals surface area contributed by atoms with Crippen LogP contribution in [0.15, 0.2) is 91.0 Å². The molecule has 0 amide bonds. The molecule has 2 heterocycles. The fraction of sp³-hybridized carbons (Fsp3) is 0.0857. The number of hydrogen-bond donors (Lipinski definition) is 0. The lowest BCUT2D eigenvalue weighted by molar-refractivity contribution is -0.148. The molecule has 7 rings (SSSR count). The number of para-hydroxylation sites is 3. The molecule has 0 aliphatic carbocycles. The summed E-state index contributed by atoms with van der Waals surface area (Å²) in [6.45, 7) is 0. The molecule has 0 saturated heterocycles. The molecule has 13 heteroatoms. The van der Waals surface area contributed by atoms with Crippen molar-refractivity contribution in [3.05, 3.63) is 119 Å². The van der Waals surface area contributed by atoms with E-state index < -0.39 is 40.9 Å². The highest BCUT2D eigenvalue weighted by Gasteiger charge is 2.46. The van der Waals surface area contributed by atoms with E-state index in [0.717, 1.165) is 0 Å². The predicted molar refractivity (Wildman–Crippen MR) is 160 cm³/mol. The molecule has 7 aromatic rings. The second-order valence-corrected chi connectivity index (χ2v) is 10.9. The van der Waals surface area contributed by atoms with Gasteiger partial charge in [-0.3, -0.25) is 0 Å². The third-order valence-electron chi connectivity index (χ3n) is 8.24. The zero-order valence-electron chi connectivity index (χ0n) is 23.9. The van der Waals surface area contributed by atoms with E-state index >= 15 is 0 Å². The van der Waals surface area contributed by atoms with Gasteiger partial charge in [0, 0.05) is 21.5 Å². The maximum atomic E-state index is 14.6. The van der Waals surface area contributed by atoms with Crippen molar-refractivity contribution in [2.45, 2.75) is 18.5 Å². The molecule has 0 aliphatic heterocycles. The summed E-state index contributed by atoms with van der Waals surface area (Å²) in [4.78, 5) is 0. The van der Waals surface area contributed by atoms with Crippen LogP contribution >= 0.6 is 0 Å². The van der Waals surface area contributed by atoms with Crippen LogP contribution in [0.5, 0.6) is 0 Å². The number of fused-ring (bicyclic) bond motifs is 7. The van der Waals surface area contributed by atoms with E-state index in [2.05, 4.69) is 12.1 Å². The number of aromatic nitrogens is 2. The Bertz CT molecular complexity index is 2480. The van der Waals surface area contributed by atoms with Crippen molar-refractivity contribution in [2.75, 3.05) is 0 Å². The molecule has 0 unspecified atom stereocenters. The van der Waals surface area contributed by atoms with Gasteiger partial charge in [0.1, 0.15) is 12.1 Å². The Kier molecular flexibility index (Phi) is 6.57. The first kappa shape index (κ1) is 30.7. The van der Waals surface area contributed by atoms with Crippen molar-refractivity contribution in [2.24, 2.45) is 0 Å². The van der Waals surface area contributed by atoms with Gasteiger partial charge in [-0.25, -0.2) is 0 Å². The van der Waals surface area contributed by atoms with Crippen LogP contribution in [0.25, 0.3) is 55.0 Å². The van der Waals surface area contributed by atoms with Gasteiger partial charge in [0.15, 0.2) is 0 Å². The summed E-state index contributed by atoms with van der Waals surface area (Å²) in [5, 5.41) is 21.2. The molecule has 48 heavy (non-hydrogen) atoms. The summed E-state index contributed by atoms with van der Waals surface area (Å²) < 4.78 is 131. The maximum absolute atomic E-state index is 14.6. The summed E-state index contributed by atoms with van der Waals surface area (Å²) >= 11 is 0. The fourth-order valence-electron chi connectivity index (χ4n) is 6.44. The molecular formula is C35H15F9N4. The van der Waals surface area contributed by atoms with Crippen LogP contribution in [0.2, 0.25) is 0 Å². The van der Waals surface area contributed by atoms with Gasteiger partial charge < -0.3 is 9.13 Å². The third kappa shape index (κ3) is 4.46. The van der Waals surface area contributed by atoms with Crippen LogP contribution in [-0.4, -0.2) is 9.13 Å². The van der Waals surface area contributed by atoms with Gasteiger partial charge in [0.25, 0.3) is 0 Å². The average molecular weight is 663 g/mol. The summed E-state index contributed by atoms with van der Waals surface area (Å²) in [6.07, 6.45) is -16.7. The largest absolute Gasteiger partial charge is 0.418 e. The smallest absolute Gasteiger partial charge is 0.308 e. The molecular weight excluding hydrogens is 647 g/mol. The van der Waals surface area contributed by atoms with Crippen LogP contribution in [-0.2, 0) is 18.5 Å². The number of hydrogen-bond acceptors (Lipinski definition) is 2. The number of alkyl halides is 9. The van der Waals surface area contributed by atoms with Crippen LogP contribution in [0.3, 0.4) is 0 Å². The molecule has 0 N–H and O–H groups in total. The van der Waals surface area contributed by atoms with E-state index in [1.165, 1.54) is 54.6 Å². The molecule has 2 aromatic heterocycles. The van der Waals surface area contributed by atoms with Gasteiger partial charge in [0.2, 0.25) is 0 Å². The van der Waals surface area contributed by atoms with Gasteiger partial charge >= 0.3 is 18.5 Å². The van der Waals surface area contributed by atoms with Crippen molar-refractivity contribution < 1.29 is 39.5 Å². The van der Waals surface area contributed by atoms with Crippen molar-refractivity contribution in [3.8, 4) is 23.5 Å². The van der Waals surface area contributed by atoms with Gasteiger partial charge in [-0.15, -0.1) is 0 Å². The minimum Gasteiger partial charge on any atom is -0.308 e. The second kappa shape index (κ2) is 10.3. The average Bonchev–Trinajstić information content (AvgIpc) is 3.55. The van der Waals surface area contributed by atoms with Crippen molar-refractivity contribution in [1.82, 2.24) is 9.13 Å².